The molecule has 0 radical (unpaired) electrons. The molecular weight excluding hydrogens is 427 g/mol. The Bertz CT molecular complexity index is 960. The van der Waals surface area contributed by atoms with Gasteiger partial charge in [-0.1, -0.05) is 30.0 Å². The zero-order valence-corrected chi connectivity index (χ0v) is 16.7. The molecule has 8 nitrogen and oxygen atoms in total. The minimum Gasteiger partial charge on any atom is -0.360 e. The number of halogens is 3. The minimum atomic E-state index is -4.54. The van der Waals surface area contributed by atoms with Crippen molar-refractivity contribution in [2.24, 2.45) is 0 Å². The summed E-state index contributed by atoms with van der Waals surface area (Å²) in [6.07, 6.45) is -1.02. The summed E-state index contributed by atoms with van der Waals surface area (Å²) < 4.78 is 41.1. The highest BCUT2D eigenvalue weighted by atomic mass is 32.2. The second-order valence-corrected chi connectivity index (χ2v) is 7.91. The van der Waals surface area contributed by atoms with Gasteiger partial charge in [-0.3, -0.25) is 4.79 Å². The average molecular weight is 443 g/mol. The third-order valence-corrected chi connectivity index (χ3v) is 5.54. The van der Waals surface area contributed by atoms with Crippen molar-refractivity contribution < 1.29 is 18.0 Å². The number of benzene rings is 1. The molecule has 2 aromatic heterocycles. The first-order valence-electron chi connectivity index (χ1n) is 8.43. The van der Waals surface area contributed by atoms with E-state index in [-0.39, 0.29) is 17.1 Å². The number of carbonyl (C=O) groups is 1. The molecule has 0 unspecified atom stereocenters. The van der Waals surface area contributed by atoms with E-state index < -0.39 is 17.6 Å². The summed E-state index contributed by atoms with van der Waals surface area (Å²) in [5.74, 6) is -0.510. The van der Waals surface area contributed by atoms with Crippen molar-refractivity contribution in [1.82, 2.24) is 25.0 Å². The van der Waals surface area contributed by atoms with Gasteiger partial charge >= 0.3 is 6.18 Å². The van der Waals surface area contributed by atoms with Crippen LogP contribution in [0.3, 0.4) is 0 Å². The molecule has 1 amide bonds. The van der Waals surface area contributed by atoms with Gasteiger partial charge in [-0.05, 0) is 24.6 Å². The largest absolute Gasteiger partial charge is 0.416 e. The van der Waals surface area contributed by atoms with Gasteiger partial charge in [0.2, 0.25) is 11.0 Å². The maximum Gasteiger partial charge on any atom is 0.416 e. The van der Waals surface area contributed by atoms with Gasteiger partial charge in [0.25, 0.3) is 0 Å². The fourth-order valence-electron chi connectivity index (χ4n) is 2.23. The van der Waals surface area contributed by atoms with Crippen LogP contribution in [0.5, 0.6) is 0 Å². The van der Waals surface area contributed by atoms with Crippen molar-refractivity contribution in [2.75, 3.05) is 22.9 Å². The molecule has 0 aliphatic carbocycles. The second kappa shape index (κ2) is 9.22. The van der Waals surface area contributed by atoms with E-state index in [1.165, 1.54) is 34.7 Å². The Hall–Kier alpha value is -2.67. The molecule has 3 aromatic rings. The standard InChI is InChI=1S/C16H16F3N7OS2/c1-2-5-21-14-24-25-15(29-14)28-7-13(27)23-11-6-10(16(17,18)19)3-4-12(11)26-9-20-8-22-26/h3-4,6,8-9H,2,5,7H2,1H3,(H,21,24)(H,23,27). The van der Waals surface area contributed by atoms with E-state index in [0.717, 1.165) is 36.9 Å². The van der Waals surface area contributed by atoms with Crippen LogP contribution in [0.4, 0.5) is 24.0 Å². The number of carbonyl (C=O) groups excluding carboxylic acids is 1. The molecule has 2 heterocycles. The summed E-state index contributed by atoms with van der Waals surface area (Å²) in [7, 11) is 0. The fraction of sp³-hybridized carbons (Fsp3) is 0.312. The molecule has 1 aromatic carbocycles. The second-order valence-electron chi connectivity index (χ2n) is 5.71. The topological polar surface area (TPSA) is 97.6 Å². The zero-order chi connectivity index (χ0) is 20.9. The van der Waals surface area contributed by atoms with Crippen molar-refractivity contribution in [3.63, 3.8) is 0 Å². The predicted molar refractivity (Wildman–Crippen MR) is 104 cm³/mol. The van der Waals surface area contributed by atoms with E-state index in [1.54, 1.807) is 0 Å². The Morgan fingerprint density at radius 3 is 2.83 bits per heavy atom. The van der Waals surface area contributed by atoms with Gasteiger partial charge in [0, 0.05) is 6.54 Å². The summed E-state index contributed by atoms with van der Waals surface area (Å²) in [4.78, 5) is 16.1. The van der Waals surface area contributed by atoms with Crippen LogP contribution in [-0.2, 0) is 11.0 Å². The first kappa shape index (κ1) is 21.0. The highest BCUT2D eigenvalue weighted by molar-refractivity contribution is 8.01. The molecule has 154 valence electrons. The summed E-state index contributed by atoms with van der Waals surface area (Å²) in [6.45, 7) is 2.79. The van der Waals surface area contributed by atoms with Crippen LogP contribution in [0.1, 0.15) is 18.9 Å². The van der Waals surface area contributed by atoms with Crippen LogP contribution in [-0.4, -0.2) is 43.2 Å². The van der Waals surface area contributed by atoms with E-state index in [4.69, 9.17) is 0 Å². The van der Waals surface area contributed by atoms with E-state index in [1.807, 2.05) is 6.92 Å². The molecule has 29 heavy (non-hydrogen) atoms. The number of rotatable bonds is 8. The van der Waals surface area contributed by atoms with Crippen molar-refractivity contribution in [2.45, 2.75) is 23.9 Å². The zero-order valence-electron chi connectivity index (χ0n) is 15.1. The van der Waals surface area contributed by atoms with Gasteiger partial charge < -0.3 is 10.6 Å². The van der Waals surface area contributed by atoms with E-state index >= 15 is 0 Å². The van der Waals surface area contributed by atoms with Crippen molar-refractivity contribution in [3.05, 3.63) is 36.4 Å². The lowest BCUT2D eigenvalue weighted by molar-refractivity contribution is -0.137. The average Bonchev–Trinajstić information content (AvgIpc) is 3.36. The van der Waals surface area contributed by atoms with Gasteiger partial charge in [-0.25, -0.2) is 9.67 Å². The van der Waals surface area contributed by atoms with Crippen molar-refractivity contribution >= 4 is 39.8 Å². The molecule has 2 N–H and O–H groups in total. The summed E-state index contributed by atoms with van der Waals surface area (Å²) >= 11 is 2.46. The number of amides is 1. The predicted octanol–water partition coefficient (Wildman–Crippen LogP) is 3.69. The number of nitrogens with one attached hydrogen (secondary N) is 2. The summed E-state index contributed by atoms with van der Waals surface area (Å²) in [6, 6.07) is 3.03. The quantitative estimate of drug-likeness (QED) is 0.513. The maximum absolute atomic E-state index is 13.1. The van der Waals surface area contributed by atoms with Crippen LogP contribution >= 0.6 is 23.1 Å². The Labute approximate surface area is 171 Å². The molecular formula is C16H16F3N7OS2. The number of hydrogen-bond donors (Lipinski definition) is 2. The molecule has 0 spiro atoms. The number of thioether (sulfide) groups is 1. The van der Waals surface area contributed by atoms with Crippen LogP contribution < -0.4 is 10.6 Å². The van der Waals surface area contributed by atoms with Crippen LogP contribution in [0.15, 0.2) is 35.2 Å². The lowest BCUT2D eigenvalue weighted by atomic mass is 10.1. The molecule has 0 bridgehead atoms. The van der Waals surface area contributed by atoms with E-state index in [9.17, 15) is 18.0 Å². The fourth-order valence-corrected chi connectivity index (χ4v) is 3.81. The SMILES string of the molecule is CCCNc1nnc(SCC(=O)Nc2cc(C(F)(F)F)ccc2-n2cncn2)s1. The highest BCUT2D eigenvalue weighted by Gasteiger charge is 2.31. The number of anilines is 2. The lowest BCUT2D eigenvalue weighted by Crippen LogP contribution is -2.17. The van der Waals surface area contributed by atoms with Gasteiger partial charge in [-0.15, -0.1) is 10.2 Å². The lowest BCUT2D eigenvalue weighted by Gasteiger charge is -2.14. The third kappa shape index (κ3) is 5.67. The first-order valence-corrected chi connectivity index (χ1v) is 10.2. The third-order valence-electron chi connectivity index (χ3n) is 3.52. The summed E-state index contributed by atoms with van der Waals surface area (Å²) in [5.41, 5.74) is -0.616. The van der Waals surface area contributed by atoms with Crippen LogP contribution in [0, 0.1) is 0 Å². The molecule has 0 saturated carbocycles. The molecule has 0 fully saturated rings. The van der Waals surface area contributed by atoms with Gasteiger partial charge in [0.15, 0.2) is 4.34 Å². The van der Waals surface area contributed by atoms with Gasteiger partial charge in [-0.2, -0.15) is 18.3 Å². The van der Waals surface area contributed by atoms with E-state index in [0.29, 0.717) is 9.47 Å². The molecule has 3 rings (SSSR count). The van der Waals surface area contributed by atoms with Crippen LogP contribution in [0.2, 0.25) is 0 Å². The van der Waals surface area contributed by atoms with Crippen LogP contribution in [0.25, 0.3) is 5.69 Å². The summed E-state index contributed by atoms with van der Waals surface area (Å²) in [5, 5.41) is 18.1. The normalized spacial score (nSPS) is 11.4. The monoisotopic (exact) mass is 443 g/mol. The number of aromatic nitrogens is 5. The minimum absolute atomic E-state index is 0.0153. The molecule has 13 heteroatoms. The van der Waals surface area contributed by atoms with Crippen molar-refractivity contribution in [1.29, 1.82) is 0 Å². The molecule has 0 saturated heterocycles. The number of nitrogens with zero attached hydrogens (tertiary/aromatic N) is 5. The van der Waals surface area contributed by atoms with E-state index in [2.05, 4.69) is 30.9 Å². The first-order chi connectivity index (χ1) is 13.9. The molecule has 0 atom stereocenters. The van der Waals surface area contributed by atoms with Gasteiger partial charge in [0.1, 0.15) is 12.7 Å². The Kier molecular flexibility index (Phi) is 6.69. The Morgan fingerprint density at radius 2 is 2.14 bits per heavy atom. The number of hydrogen-bond acceptors (Lipinski definition) is 8. The van der Waals surface area contributed by atoms with Crippen molar-refractivity contribution in [3.8, 4) is 5.69 Å². The molecule has 0 aliphatic heterocycles. The van der Waals surface area contributed by atoms with Gasteiger partial charge in [0.05, 0.1) is 22.7 Å². The number of alkyl halides is 3. The highest BCUT2D eigenvalue weighted by Crippen LogP contribution is 2.33. The maximum atomic E-state index is 13.1. The Balaban J connectivity index is 1.70. The smallest absolute Gasteiger partial charge is 0.360 e. The Morgan fingerprint density at radius 1 is 1.31 bits per heavy atom. The molecule has 0 aliphatic rings.